The zero-order valence-corrected chi connectivity index (χ0v) is 19.0. The van der Waals surface area contributed by atoms with Crippen molar-refractivity contribution >= 4 is 5.97 Å². The first-order valence-electron chi connectivity index (χ1n) is 10.7. The summed E-state index contributed by atoms with van der Waals surface area (Å²) in [6, 6.07) is 13.0. The SMILES string of the molecule is CCOC(=O)[C@H](Cc1ccc(OCCCOc2ccc(OCC(F)(F)C(F)F)cc2)cc1)OC. The molecule has 34 heavy (non-hydrogen) atoms. The highest BCUT2D eigenvalue weighted by Gasteiger charge is 2.41. The van der Waals surface area contributed by atoms with E-state index in [-0.39, 0.29) is 5.75 Å². The number of hydrogen-bond donors (Lipinski definition) is 0. The van der Waals surface area contributed by atoms with Crippen molar-refractivity contribution in [1.29, 1.82) is 0 Å². The summed E-state index contributed by atoms with van der Waals surface area (Å²) in [6.45, 7) is 1.37. The topological polar surface area (TPSA) is 63.2 Å². The number of esters is 1. The average Bonchev–Trinajstić information content (AvgIpc) is 2.82. The van der Waals surface area contributed by atoms with E-state index in [2.05, 4.69) is 0 Å². The smallest absolute Gasteiger partial charge is 0.340 e. The lowest BCUT2D eigenvalue weighted by Gasteiger charge is -2.16. The van der Waals surface area contributed by atoms with E-state index >= 15 is 0 Å². The van der Waals surface area contributed by atoms with Crippen molar-refractivity contribution in [3.05, 3.63) is 54.1 Å². The van der Waals surface area contributed by atoms with Crippen molar-refractivity contribution in [2.75, 3.05) is 33.5 Å². The van der Waals surface area contributed by atoms with Crippen molar-refractivity contribution in [3.8, 4) is 17.2 Å². The van der Waals surface area contributed by atoms with Crippen LogP contribution in [0.2, 0.25) is 0 Å². The van der Waals surface area contributed by atoms with Crippen molar-refractivity contribution in [2.24, 2.45) is 0 Å². The molecule has 0 heterocycles. The summed E-state index contributed by atoms with van der Waals surface area (Å²) < 4.78 is 76.1. The standard InChI is InChI=1S/C24H28F4O6/c1-3-31-22(29)21(30-2)15-17-5-7-18(8-6-17)32-13-4-14-33-19-9-11-20(12-10-19)34-16-24(27,28)23(25)26/h5-12,21,23H,3-4,13-16H2,1-2H3/t21-/m0/s1. The quantitative estimate of drug-likeness (QED) is 0.201. The van der Waals surface area contributed by atoms with E-state index in [0.29, 0.717) is 44.2 Å². The average molecular weight is 488 g/mol. The van der Waals surface area contributed by atoms with Crippen LogP contribution in [-0.2, 0) is 20.7 Å². The number of methoxy groups -OCH3 is 1. The number of rotatable bonds is 15. The fraction of sp³-hybridized carbons (Fsp3) is 0.458. The summed E-state index contributed by atoms with van der Waals surface area (Å²) in [5.41, 5.74) is 0.904. The van der Waals surface area contributed by atoms with E-state index in [9.17, 15) is 22.4 Å². The molecule has 0 bridgehead atoms. The van der Waals surface area contributed by atoms with E-state index in [1.165, 1.54) is 31.4 Å². The number of halogens is 4. The fourth-order valence-corrected chi connectivity index (χ4v) is 2.75. The van der Waals surface area contributed by atoms with Gasteiger partial charge in [0.2, 0.25) is 0 Å². The molecular weight excluding hydrogens is 460 g/mol. The number of carbonyl (C=O) groups excluding carboxylic acids is 1. The summed E-state index contributed by atoms with van der Waals surface area (Å²) in [7, 11) is 1.46. The highest BCUT2D eigenvalue weighted by atomic mass is 19.3. The fourth-order valence-electron chi connectivity index (χ4n) is 2.75. The van der Waals surface area contributed by atoms with Crippen LogP contribution >= 0.6 is 0 Å². The molecule has 2 aromatic rings. The van der Waals surface area contributed by atoms with Gasteiger partial charge in [0.05, 0.1) is 19.8 Å². The van der Waals surface area contributed by atoms with E-state index in [1.54, 1.807) is 19.1 Å². The molecule has 188 valence electrons. The zero-order chi connectivity index (χ0) is 25.0. The molecular formula is C24H28F4O6. The Morgan fingerprint density at radius 1 is 0.882 bits per heavy atom. The summed E-state index contributed by atoms with van der Waals surface area (Å²) in [5.74, 6) is -3.42. The van der Waals surface area contributed by atoms with E-state index in [1.807, 2.05) is 12.1 Å². The van der Waals surface area contributed by atoms with Gasteiger partial charge < -0.3 is 23.7 Å². The molecule has 0 unspecified atom stereocenters. The van der Waals surface area contributed by atoms with Crippen LogP contribution in [0.5, 0.6) is 17.2 Å². The van der Waals surface area contributed by atoms with Crippen LogP contribution < -0.4 is 14.2 Å². The number of carbonyl (C=O) groups is 1. The Hall–Kier alpha value is -3.01. The van der Waals surface area contributed by atoms with E-state index in [0.717, 1.165) is 5.56 Å². The maximum Gasteiger partial charge on any atom is 0.340 e. The van der Waals surface area contributed by atoms with Gasteiger partial charge in [0.1, 0.15) is 17.2 Å². The minimum absolute atomic E-state index is 0.0403. The second-order valence-corrected chi connectivity index (χ2v) is 7.20. The third-order valence-corrected chi connectivity index (χ3v) is 4.58. The van der Waals surface area contributed by atoms with Crippen LogP contribution in [0, 0.1) is 0 Å². The molecule has 2 aromatic carbocycles. The molecule has 0 radical (unpaired) electrons. The van der Waals surface area contributed by atoms with Gasteiger partial charge in [0.25, 0.3) is 0 Å². The lowest BCUT2D eigenvalue weighted by Crippen LogP contribution is -2.33. The molecule has 0 aliphatic carbocycles. The highest BCUT2D eigenvalue weighted by Crippen LogP contribution is 2.25. The molecule has 0 amide bonds. The molecule has 0 spiro atoms. The Balaban J connectivity index is 1.67. The summed E-state index contributed by atoms with van der Waals surface area (Å²) in [6.07, 6.45) is -3.48. The van der Waals surface area contributed by atoms with Crippen LogP contribution in [0.3, 0.4) is 0 Å². The maximum absolute atomic E-state index is 12.9. The molecule has 0 aromatic heterocycles. The van der Waals surface area contributed by atoms with Crippen molar-refractivity contribution in [1.82, 2.24) is 0 Å². The summed E-state index contributed by atoms with van der Waals surface area (Å²) >= 11 is 0. The molecule has 0 saturated heterocycles. The second-order valence-electron chi connectivity index (χ2n) is 7.20. The first-order chi connectivity index (χ1) is 16.2. The number of ether oxygens (including phenoxy) is 5. The highest BCUT2D eigenvalue weighted by molar-refractivity contribution is 5.75. The summed E-state index contributed by atoms with van der Waals surface area (Å²) in [5, 5.41) is 0. The molecule has 0 saturated carbocycles. The minimum Gasteiger partial charge on any atom is -0.493 e. The van der Waals surface area contributed by atoms with Gasteiger partial charge in [-0.15, -0.1) is 0 Å². The molecule has 10 heteroatoms. The molecule has 0 fully saturated rings. The van der Waals surface area contributed by atoms with Crippen molar-refractivity contribution in [3.63, 3.8) is 0 Å². The Morgan fingerprint density at radius 2 is 1.38 bits per heavy atom. The number of hydrogen-bond acceptors (Lipinski definition) is 6. The lowest BCUT2D eigenvalue weighted by molar-refractivity contribution is -0.154. The molecule has 1 atom stereocenters. The Bertz CT molecular complexity index is 859. The van der Waals surface area contributed by atoms with Gasteiger partial charge in [-0.1, -0.05) is 12.1 Å². The monoisotopic (exact) mass is 488 g/mol. The molecule has 2 rings (SSSR count). The van der Waals surface area contributed by atoms with Crippen LogP contribution in [0.4, 0.5) is 17.6 Å². The Morgan fingerprint density at radius 3 is 1.85 bits per heavy atom. The largest absolute Gasteiger partial charge is 0.493 e. The van der Waals surface area contributed by atoms with Gasteiger partial charge in [-0.3, -0.25) is 0 Å². The van der Waals surface area contributed by atoms with Crippen LogP contribution in [0.15, 0.2) is 48.5 Å². The number of benzene rings is 2. The predicted octanol–water partition coefficient (Wildman–Crippen LogP) is 4.93. The number of alkyl halides is 4. The van der Waals surface area contributed by atoms with Crippen LogP contribution in [0.25, 0.3) is 0 Å². The third-order valence-electron chi connectivity index (χ3n) is 4.58. The van der Waals surface area contributed by atoms with Gasteiger partial charge in [-0.05, 0) is 48.9 Å². The van der Waals surface area contributed by atoms with Gasteiger partial charge in [-0.25, -0.2) is 13.6 Å². The Kier molecular flexibility index (Phi) is 10.9. The van der Waals surface area contributed by atoms with Gasteiger partial charge >= 0.3 is 18.3 Å². The molecule has 0 N–H and O–H groups in total. The maximum atomic E-state index is 12.9. The molecule has 0 aliphatic rings. The normalized spacial score (nSPS) is 12.3. The molecule has 0 aliphatic heterocycles. The summed E-state index contributed by atoms with van der Waals surface area (Å²) in [4.78, 5) is 11.8. The minimum atomic E-state index is -4.20. The van der Waals surface area contributed by atoms with Gasteiger partial charge in [-0.2, -0.15) is 8.78 Å². The predicted molar refractivity (Wildman–Crippen MR) is 116 cm³/mol. The first kappa shape index (κ1) is 27.2. The third kappa shape index (κ3) is 9.09. The zero-order valence-electron chi connectivity index (χ0n) is 19.0. The van der Waals surface area contributed by atoms with E-state index < -0.39 is 31.0 Å². The Labute approximate surface area is 195 Å². The van der Waals surface area contributed by atoms with Crippen LogP contribution in [0.1, 0.15) is 18.9 Å². The second kappa shape index (κ2) is 13.6. The van der Waals surface area contributed by atoms with E-state index in [4.69, 9.17) is 23.7 Å². The van der Waals surface area contributed by atoms with Crippen LogP contribution in [-0.4, -0.2) is 58.0 Å². The van der Waals surface area contributed by atoms with Gasteiger partial charge in [0, 0.05) is 20.0 Å². The first-order valence-corrected chi connectivity index (χ1v) is 10.7. The van der Waals surface area contributed by atoms with Gasteiger partial charge in [0.15, 0.2) is 12.7 Å². The lowest BCUT2D eigenvalue weighted by atomic mass is 10.1. The van der Waals surface area contributed by atoms with Crippen molar-refractivity contribution < 1.29 is 46.0 Å². The molecule has 6 nitrogen and oxygen atoms in total. The van der Waals surface area contributed by atoms with Crippen molar-refractivity contribution in [2.45, 2.75) is 38.2 Å².